The summed E-state index contributed by atoms with van der Waals surface area (Å²) in [5.74, 6) is -0.345. The predicted octanol–water partition coefficient (Wildman–Crippen LogP) is 5.26. The third-order valence-corrected chi connectivity index (χ3v) is 6.17. The normalized spacial score (nSPS) is 16.4. The Hall–Kier alpha value is -1.88. The third kappa shape index (κ3) is 4.03. The molecule has 146 valence electrons. The lowest BCUT2D eigenvalue weighted by atomic mass is 9.96. The quantitative estimate of drug-likeness (QED) is 0.481. The molecule has 0 saturated carbocycles. The highest BCUT2D eigenvalue weighted by Gasteiger charge is 2.33. The molecule has 1 atom stereocenters. The number of aromatic nitrogens is 1. The summed E-state index contributed by atoms with van der Waals surface area (Å²) >= 11 is 1.50. The summed E-state index contributed by atoms with van der Waals surface area (Å²) in [5, 5.41) is 1.97. The van der Waals surface area contributed by atoms with Gasteiger partial charge in [0.25, 0.3) is 0 Å². The van der Waals surface area contributed by atoms with E-state index in [-0.39, 0.29) is 23.8 Å². The maximum absolute atomic E-state index is 13.4. The van der Waals surface area contributed by atoms with Crippen LogP contribution in [-0.4, -0.2) is 22.4 Å². The van der Waals surface area contributed by atoms with Gasteiger partial charge in [-0.25, -0.2) is 0 Å². The Morgan fingerprint density at radius 3 is 2.78 bits per heavy atom. The van der Waals surface area contributed by atoms with Crippen molar-refractivity contribution in [2.75, 3.05) is 0 Å². The monoisotopic (exact) mass is 387 g/mol. The van der Waals surface area contributed by atoms with Gasteiger partial charge in [-0.3, -0.25) is 9.59 Å². The highest BCUT2D eigenvalue weighted by molar-refractivity contribution is 7.12. The van der Waals surface area contributed by atoms with Crippen LogP contribution in [0.2, 0.25) is 0 Å². The molecular formula is C22H29NO3S. The topological polar surface area (TPSA) is 48.3 Å². The van der Waals surface area contributed by atoms with Crippen LogP contribution in [0.1, 0.15) is 84.6 Å². The second-order valence-corrected chi connectivity index (χ2v) is 8.56. The number of aryl methyl sites for hydroxylation is 2. The van der Waals surface area contributed by atoms with Gasteiger partial charge < -0.3 is 9.30 Å². The van der Waals surface area contributed by atoms with Gasteiger partial charge in [0.2, 0.25) is 5.78 Å². The lowest BCUT2D eigenvalue weighted by Gasteiger charge is -2.25. The number of ketones is 1. The summed E-state index contributed by atoms with van der Waals surface area (Å²) in [5.41, 5.74) is 3.84. The van der Waals surface area contributed by atoms with Crippen molar-refractivity contribution in [1.29, 1.82) is 0 Å². The first-order valence-electron chi connectivity index (χ1n) is 9.95. The molecule has 0 bridgehead atoms. The number of hydrogen-bond donors (Lipinski definition) is 0. The highest BCUT2D eigenvalue weighted by Crippen LogP contribution is 2.35. The Bertz CT molecular complexity index is 831. The summed E-state index contributed by atoms with van der Waals surface area (Å²) in [4.78, 5) is 26.8. The molecule has 2 aromatic heterocycles. The molecule has 0 aromatic carbocycles. The Balaban J connectivity index is 2.05. The number of fused-ring (bicyclic) bond motifs is 1. The van der Waals surface area contributed by atoms with Crippen LogP contribution in [0.4, 0.5) is 0 Å². The minimum absolute atomic E-state index is 0.0951. The van der Waals surface area contributed by atoms with Gasteiger partial charge in [0.15, 0.2) is 0 Å². The zero-order valence-electron chi connectivity index (χ0n) is 16.7. The second-order valence-electron chi connectivity index (χ2n) is 7.64. The molecule has 4 nitrogen and oxygen atoms in total. The molecule has 2 aromatic rings. The second kappa shape index (κ2) is 8.42. The first-order valence-corrected chi connectivity index (χ1v) is 10.8. The van der Waals surface area contributed by atoms with Crippen LogP contribution in [0.5, 0.6) is 0 Å². The average Bonchev–Trinajstić information content (AvgIpc) is 3.21. The molecule has 3 heterocycles. The van der Waals surface area contributed by atoms with Crippen molar-refractivity contribution in [2.24, 2.45) is 0 Å². The maximum atomic E-state index is 13.4. The van der Waals surface area contributed by atoms with E-state index in [0.717, 1.165) is 66.0 Å². The van der Waals surface area contributed by atoms with Crippen LogP contribution >= 0.6 is 11.3 Å². The highest BCUT2D eigenvalue weighted by atomic mass is 32.1. The molecule has 0 fully saturated rings. The fourth-order valence-corrected chi connectivity index (χ4v) is 4.72. The van der Waals surface area contributed by atoms with Gasteiger partial charge in [0.1, 0.15) is 0 Å². The van der Waals surface area contributed by atoms with Crippen LogP contribution in [0.3, 0.4) is 0 Å². The minimum atomic E-state index is -0.271. The summed E-state index contributed by atoms with van der Waals surface area (Å²) in [6.07, 6.45) is 4.52. The average molecular weight is 388 g/mol. The van der Waals surface area contributed by atoms with Crippen LogP contribution in [-0.2, 0) is 22.5 Å². The molecule has 0 saturated heterocycles. The van der Waals surface area contributed by atoms with E-state index in [2.05, 4.69) is 17.6 Å². The number of thiophene rings is 1. The number of hydrogen-bond acceptors (Lipinski definition) is 4. The molecule has 1 aliphatic rings. The largest absolute Gasteiger partial charge is 0.462 e. The number of carbonyl (C=O) groups is 2. The molecule has 5 heteroatoms. The first-order chi connectivity index (χ1) is 12.9. The summed E-state index contributed by atoms with van der Waals surface area (Å²) in [6, 6.07) is 4.09. The van der Waals surface area contributed by atoms with Crippen molar-refractivity contribution < 1.29 is 14.3 Å². The Kier molecular flexibility index (Phi) is 6.20. The van der Waals surface area contributed by atoms with Crippen molar-refractivity contribution in [3.63, 3.8) is 0 Å². The standard InChI is InChI=1S/C22H29NO3S/c1-5-6-8-16-13-18-17(22(25)26-14(2)3)9-7-11-23(18)19(16)20(24)21-15(4)10-12-27-21/h10,12-14,17H,5-9,11H2,1-4H3. The number of ether oxygens (including phenoxy) is 1. The van der Waals surface area contributed by atoms with E-state index < -0.39 is 0 Å². The molecule has 1 aliphatic heterocycles. The van der Waals surface area contributed by atoms with E-state index in [1.165, 1.54) is 11.3 Å². The number of esters is 1. The Morgan fingerprint density at radius 2 is 2.15 bits per heavy atom. The molecule has 1 unspecified atom stereocenters. The molecule has 0 N–H and O–H groups in total. The van der Waals surface area contributed by atoms with E-state index in [1.807, 2.05) is 32.2 Å². The molecule has 3 rings (SSSR count). The first kappa shape index (κ1) is 19.9. The van der Waals surface area contributed by atoms with Crippen LogP contribution < -0.4 is 0 Å². The molecule has 0 amide bonds. The SMILES string of the molecule is CCCCc1cc2n(c1C(=O)c1sccc1C)CCCC2C(=O)OC(C)C. The number of rotatable bonds is 7. The summed E-state index contributed by atoms with van der Waals surface area (Å²) in [6.45, 7) is 8.68. The predicted molar refractivity (Wildman–Crippen MR) is 109 cm³/mol. The van der Waals surface area contributed by atoms with Crippen molar-refractivity contribution >= 4 is 23.1 Å². The van der Waals surface area contributed by atoms with Gasteiger partial charge in [-0.1, -0.05) is 13.3 Å². The van der Waals surface area contributed by atoms with Gasteiger partial charge in [-0.2, -0.15) is 0 Å². The third-order valence-electron chi connectivity index (χ3n) is 5.16. The molecule has 0 aliphatic carbocycles. The zero-order valence-corrected chi connectivity index (χ0v) is 17.5. The molecule has 27 heavy (non-hydrogen) atoms. The Morgan fingerprint density at radius 1 is 1.37 bits per heavy atom. The smallest absolute Gasteiger partial charge is 0.315 e. The van der Waals surface area contributed by atoms with Gasteiger partial charge in [-0.15, -0.1) is 11.3 Å². The van der Waals surface area contributed by atoms with Crippen molar-refractivity contribution in [2.45, 2.75) is 78.4 Å². The van der Waals surface area contributed by atoms with E-state index in [9.17, 15) is 9.59 Å². The Labute approximate surface area is 165 Å². The van der Waals surface area contributed by atoms with E-state index in [4.69, 9.17) is 4.74 Å². The van der Waals surface area contributed by atoms with Crippen molar-refractivity contribution in [1.82, 2.24) is 4.57 Å². The molecule has 0 spiro atoms. The minimum Gasteiger partial charge on any atom is -0.462 e. The van der Waals surface area contributed by atoms with Crippen molar-refractivity contribution in [3.8, 4) is 0 Å². The number of unbranched alkanes of at least 4 members (excludes halogenated alkanes) is 1. The number of carbonyl (C=O) groups excluding carboxylic acids is 2. The van der Waals surface area contributed by atoms with E-state index in [0.29, 0.717) is 0 Å². The van der Waals surface area contributed by atoms with E-state index in [1.54, 1.807) is 0 Å². The molecule has 0 radical (unpaired) electrons. The lowest BCUT2D eigenvalue weighted by molar-refractivity contribution is -0.149. The maximum Gasteiger partial charge on any atom is 0.315 e. The number of nitrogens with zero attached hydrogens (tertiary/aromatic N) is 1. The fraction of sp³-hybridized carbons (Fsp3) is 0.545. The summed E-state index contributed by atoms with van der Waals surface area (Å²) < 4.78 is 7.59. The lowest BCUT2D eigenvalue weighted by Crippen LogP contribution is -2.27. The van der Waals surface area contributed by atoms with Crippen LogP contribution in [0, 0.1) is 6.92 Å². The van der Waals surface area contributed by atoms with Crippen molar-refractivity contribution in [3.05, 3.63) is 44.9 Å². The van der Waals surface area contributed by atoms with Crippen LogP contribution in [0.25, 0.3) is 0 Å². The van der Waals surface area contributed by atoms with Crippen LogP contribution in [0.15, 0.2) is 17.5 Å². The van der Waals surface area contributed by atoms with Gasteiger partial charge in [0.05, 0.1) is 22.6 Å². The summed E-state index contributed by atoms with van der Waals surface area (Å²) in [7, 11) is 0. The van der Waals surface area contributed by atoms with Gasteiger partial charge in [-0.05, 0) is 75.1 Å². The van der Waals surface area contributed by atoms with Gasteiger partial charge >= 0.3 is 5.97 Å². The van der Waals surface area contributed by atoms with E-state index >= 15 is 0 Å². The fourth-order valence-electron chi connectivity index (χ4n) is 3.85. The molecular weight excluding hydrogens is 358 g/mol. The zero-order chi connectivity index (χ0) is 19.6. The van der Waals surface area contributed by atoms with Gasteiger partial charge in [0, 0.05) is 12.2 Å².